The van der Waals surface area contributed by atoms with E-state index in [4.69, 9.17) is 17.0 Å². The molecule has 1 saturated carbocycles. The molecule has 16 heavy (non-hydrogen) atoms. The van der Waals surface area contributed by atoms with Crippen LogP contribution >= 0.6 is 17.0 Å². The van der Waals surface area contributed by atoms with Crippen LogP contribution in [0, 0.1) is 5.92 Å². The first-order chi connectivity index (χ1) is 7.53. The van der Waals surface area contributed by atoms with Gasteiger partial charge in [0.1, 0.15) is 0 Å². The Morgan fingerprint density at radius 3 is 2.31 bits per heavy atom. The molecule has 3 heteroatoms. The third-order valence-corrected chi connectivity index (χ3v) is 16.5. The van der Waals surface area contributed by atoms with Gasteiger partial charge in [-0.05, 0) is 0 Å². The minimum atomic E-state index is -3.13. The van der Waals surface area contributed by atoms with E-state index in [-0.39, 0.29) is 0 Å². The molecule has 2 aliphatic carbocycles. The number of rotatable bonds is 1. The maximum absolute atomic E-state index is 6.85. The summed E-state index contributed by atoms with van der Waals surface area (Å²) in [6.07, 6.45) is 10.7. The van der Waals surface area contributed by atoms with Crippen molar-refractivity contribution in [2.24, 2.45) is 5.92 Å². The van der Waals surface area contributed by atoms with Gasteiger partial charge in [0, 0.05) is 0 Å². The quantitative estimate of drug-likeness (QED) is 0.627. The van der Waals surface area contributed by atoms with Crippen LogP contribution < -0.4 is 0 Å². The van der Waals surface area contributed by atoms with Crippen molar-refractivity contribution in [3.63, 3.8) is 0 Å². The number of hydrogen-bond donors (Lipinski definition) is 0. The molecule has 1 atom stereocenters. The molecule has 1 fully saturated rings. The van der Waals surface area contributed by atoms with Crippen molar-refractivity contribution in [2.45, 2.75) is 46.0 Å². The zero-order valence-corrected chi connectivity index (χ0v) is 14.0. The van der Waals surface area contributed by atoms with E-state index in [1.807, 2.05) is 0 Å². The van der Waals surface area contributed by atoms with Crippen molar-refractivity contribution in [2.75, 3.05) is 0 Å². The van der Waals surface area contributed by atoms with Gasteiger partial charge in [0.25, 0.3) is 0 Å². The second-order valence-corrected chi connectivity index (χ2v) is 18.7. The number of hydrogen-bond acceptors (Lipinski definition) is 0. The average Bonchev–Trinajstić information content (AvgIpc) is 2.60. The Hall–Kier alpha value is 0.813. The van der Waals surface area contributed by atoms with Gasteiger partial charge in [-0.2, -0.15) is 0 Å². The molecule has 0 heterocycles. The summed E-state index contributed by atoms with van der Waals surface area (Å²) in [6.45, 7) is 4.39. The van der Waals surface area contributed by atoms with Gasteiger partial charge in [-0.1, -0.05) is 0 Å². The van der Waals surface area contributed by atoms with Gasteiger partial charge < -0.3 is 0 Å². The first-order valence-corrected chi connectivity index (χ1v) is 14.9. The summed E-state index contributed by atoms with van der Waals surface area (Å²) < 4.78 is 2.95. The fourth-order valence-corrected chi connectivity index (χ4v) is 15.3. The minimum absolute atomic E-state index is 0.472. The Morgan fingerprint density at radius 2 is 1.81 bits per heavy atom. The first-order valence-electron chi connectivity index (χ1n) is 6.16. The zero-order valence-electron chi connectivity index (χ0n) is 10.0. The standard InChI is InChI=1S/C7H9.C6H10.2ClH.Zr/c1-6-3-4-7(2)5-6;1-2-4-6-5-3-1;;;/h3-4,6H,1-2H3;1-5H2;2*1H;/q;;;;+2/p-2. The topological polar surface area (TPSA) is 0 Å². The molecule has 2 aliphatic rings. The normalized spacial score (nSPS) is 26.8. The van der Waals surface area contributed by atoms with Crippen molar-refractivity contribution in [1.82, 2.24) is 0 Å². The van der Waals surface area contributed by atoms with Crippen molar-refractivity contribution in [3.8, 4) is 0 Å². The van der Waals surface area contributed by atoms with E-state index < -0.39 is 17.4 Å². The van der Waals surface area contributed by atoms with Crippen LogP contribution in [0.3, 0.4) is 0 Å². The summed E-state index contributed by atoms with van der Waals surface area (Å²) in [7, 11) is 13.7. The number of allylic oxidation sites excluding steroid dienone is 4. The van der Waals surface area contributed by atoms with E-state index >= 15 is 0 Å². The molecule has 0 aromatic rings. The Morgan fingerprint density at radius 1 is 1.19 bits per heavy atom. The molecule has 0 saturated heterocycles. The van der Waals surface area contributed by atoms with Crippen LogP contribution in [0.25, 0.3) is 0 Å². The van der Waals surface area contributed by atoms with Crippen LogP contribution in [0.5, 0.6) is 0 Å². The number of halogens is 2. The molecule has 2 rings (SSSR count). The zero-order chi connectivity index (χ0) is 11.8. The third-order valence-electron chi connectivity index (χ3n) is 3.75. The van der Waals surface area contributed by atoms with Crippen molar-refractivity contribution in [1.29, 1.82) is 0 Å². The van der Waals surface area contributed by atoms with E-state index in [1.165, 1.54) is 44.2 Å². The fraction of sp³-hybridized carbons (Fsp3) is 0.615. The Bertz CT molecular complexity index is 390. The van der Waals surface area contributed by atoms with Crippen LogP contribution in [0.1, 0.15) is 46.0 Å². The molecule has 0 nitrogen and oxygen atoms in total. The molecule has 0 aliphatic heterocycles. The van der Waals surface area contributed by atoms with Crippen molar-refractivity contribution in [3.05, 3.63) is 21.0 Å². The van der Waals surface area contributed by atoms with E-state index in [9.17, 15) is 0 Å². The Balaban J connectivity index is 2.42. The molecule has 89 valence electrons. The van der Waals surface area contributed by atoms with Gasteiger partial charge in [0.2, 0.25) is 0 Å². The first kappa shape index (κ1) is 13.2. The summed E-state index contributed by atoms with van der Waals surface area (Å²) >= 11 is -3.13. The predicted molar refractivity (Wildman–Crippen MR) is 70.8 cm³/mol. The van der Waals surface area contributed by atoms with E-state index in [0.717, 1.165) is 0 Å². The summed E-state index contributed by atoms with van der Waals surface area (Å²) in [5, 5.41) is 0. The van der Waals surface area contributed by atoms with Crippen molar-refractivity contribution >= 4 is 20.2 Å². The van der Waals surface area contributed by atoms with Gasteiger partial charge in [0.15, 0.2) is 0 Å². The molecular weight excluding hydrogens is 318 g/mol. The van der Waals surface area contributed by atoms with E-state index in [0.29, 0.717) is 5.92 Å². The molecular formula is C13H19Cl2Zr. The molecule has 0 aromatic carbocycles. The second-order valence-electron chi connectivity index (χ2n) is 4.98. The molecule has 1 unspecified atom stereocenters. The van der Waals surface area contributed by atoms with E-state index in [1.54, 1.807) is 0 Å². The SMILES string of the molecule is CC1=[C]([Zr]([Cl])([Cl])=[C]2CCCCC2)C(C)C=C1. The van der Waals surface area contributed by atoms with Gasteiger partial charge in [0.05, 0.1) is 0 Å². The monoisotopic (exact) mass is 335 g/mol. The van der Waals surface area contributed by atoms with Crippen LogP contribution in [0.4, 0.5) is 0 Å². The molecule has 0 radical (unpaired) electrons. The maximum atomic E-state index is 6.85. The molecule has 0 spiro atoms. The van der Waals surface area contributed by atoms with Crippen LogP contribution in [0.2, 0.25) is 0 Å². The Kier molecular flexibility index (Phi) is 4.31. The van der Waals surface area contributed by atoms with Gasteiger partial charge in [-0.15, -0.1) is 0 Å². The molecule has 0 aromatic heterocycles. The van der Waals surface area contributed by atoms with Crippen LogP contribution in [-0.2, 0) is 17.4 Å². The summed E-state index contributed by atoms with van der Waals surface area (Å²) in [4.78, 5) is 0. The second kappa shape index (κ2) is 5.21. The average molecular weight is 337 g/mol. The molecule has 0 amide bonds. The van der Waals surface area contributed by atoms with Gasteiger partial charge in [-0.25, -0.2) is 0 Å². The summed E-state index contributed by atoms with van der Waals surface area (Å²) in [6, 6.07) is 0. The predicted octanol–water partition coefficient (Wildman–Crippen LogP) is 5.06. The molecule has 0 N–H and O–H groups in total. The van der Waals surface area contributed by atoms with E-state index in [2.05, 4.69) is 26.0 Å². The molecule has 0 bridgehead atoms. The third kappa shape index (κ3) is 2.47. The van der Waals surface area contributed by atoms with Gasteiger partial charge in [-0.3, -0.25) is 0 Å². The van der Waals surface area contributed by atoms with Gasteiger partial charge >= 0.3 is 111 Å². The fourth-order valence-electron chi connectivity index (χ4n) is 2.85. The van der Waals surface area contributed by atoms with Crippen molar-refractivity contribution < 1.29 is 17.4 Å². The van der Waals surface area contributed by atoms with Crippen LogP contribution in [0.15, 0.2) is 21.0 Å². The summed E-state index contributed by atoms with van der Waals surface area (Å²) in [5.74, 6) is 0.472. The Labute approximate surface area is 110 Å². The summed E-state index contributed by atoms with van der Waals surface area (Å²) in [5.41, 5.74) is 1.34. The van der Waals surface area contributed by atoms with Crippen LogP contribution in [-0.4, -0.2) is 3.21 Å².